The van der Waals surface area contributed by atoms with Crippen LogP contribution >= 0.6 is 0 Å². The van der Waals surface area contributed by atoms with Gasteiger partial charge in [-0.25, -0.2) is 0 Å². The molecular formula is C24H20N4O5. The highest BCUT2D eigenvalue weighted by molar-refractivity contribution is 6.36. The summed E-state index contributed by atoms with van der Waals surface area (Å²) < 4.78 is 5.44. The Bertz CT molecular complexity index is 1220. The third-order valence-electron chi connectivity index (χ3n) is 5.03. The summed E-state index contributed by atoms with van der Waals surface area (Å²) in [6.45, 7) is 2.46. The number of aromatic nitrogens is 1. The molecule has 0 spiro atoms. The van der Waals surface area contributed by atoms with E-state index in [2.05, 4.69) is 10.3 Å². The van der Waals surface area contributed by atoms with Gasteiger partial charge in [-0.1, -0.05) is 6.07 Å². The van der Waals surface area contributed by atoms with Crippen LogP contribution in [0.5, 0.6) is 5.75 Å². The maximum atomic E-state index is 13.3. The maximum Gasteiger partial charge on any atom is 0.278 e. The molecule has 2 amide bonds. The molecule has 1 N–H and O–H groups in total. The van der Waals surface area contributed by atoms with Gasteiger partial charge in [-0.05, 0) is 60.5 Å². The topological polar surface area (TPSA) is 115 Å². The van der Waals surface area contributed by atoms with Crippen molar-refractivity contribution >= 4 is 28.8 Å². The Morgan fingerprint density at radius 1 is 1.03 bits per heavy atom. The number of nitro benzene ring substituents is 1. The molecule has 1 aromatic heterocycles. The van der Waals surface area contributed by atoms with E-state index in [4.69, 9.17) is 4.74 Å². The minimum Gasteiger partial charge on any atom is -0.494 e. The first-order chi connectivity index (χ1) is 16.0. The minimum atomic E-state index is -0.520. The van der Waals surface area contributed by atoms with Gasteiger partial charge in [0.2, 0.25) is 0 Å². The van der Waals surface area contributed by atoms with Crippen LogP contribution in [0.2, 0.25) is 0 Å². The SMILES string of the molecule is CCOc1ccc(NC2=C(c3ccc([N+](=O)[O-])cc3)C(=O)N(Cc3cccnc3)C2=O)cc1. The number of amides is 2. The number of benzene rings is 2. The Morgan fingerprint density at radius 3 is 2.36 bits per heavy atom. The quantitative estimate of drug-likeness (QED) is 0.319. The lowest BCUT2D eigenvalue weighted by Crippen LogP contribution is -2.32. The summed E-state index contributed by atoms with van der Waals surface area (Å²) in [5.41, 5.74) is 1.84. The lowest BCUT2D eigenvalue weighted by Gasteiger charge is -2.15. The van der Waals surface area contributed by atoms with E-state index >= 15 is 0 Å². The molecule has 0 saturated carbocycles. The minimum absolute atomic E-state index is 0.0520. The highest BCUT2D eigenvalue weighted by Gasteiger charge is 2.39. The molecule has 2 aromatic carbocycles. The number of nitrogens with one attached hydrogen (secondary N) is 1. The van der Waals surface area contributed by atoms with Gasteiger partial charge in [0.15, 0.2) is 0 Å². The first-order valence-electron chi connectivity index (χ1n) is 10.2. The number of hydrogen-bond donors (Lipinski definition) is 1. The average Bonchev–Trinajstić information content (AvgIpc) is 3.05. The van der Waals surface area contributed by atoms with Crippen LogP contribution in [0, 0.1) is 10.1 Å². The lowest BCUT2D eigenvalue weighted by molar-refractivity contribution is -0.384. The average molecular weight is 444 g/mol. The fraction of sp³-hybridized carbons (Fsp3) is 0.125. The Kier molecular flexibility index (Phi) is 6.12. The van der Waals surface area contributed by atoms with Crippen LogP contribution in [0.3, 0.4) is 0 Å². The fourth-order valence-electron chi connectivity index (χ4n) is 3.47. The van der Waals surface area contributed by atoms with Crippen molar-refractivity contribution in [1.82, 2.24) is 9.88 Å². The van der Waals surface area contributed by atoms with Crippen LogP contribution in [0.4, 0.5) is 11.4 Å². The van der Waals surface area contributed by atoms with Crippen molar-refractivity contribution in [2.24, 2.45) is 0 Å². The van der Waals surface area contributed by atoms with Gasteiger partial charge in [0, 0.05) is 30.2 Å². The highest BCUT2D eigenvalue weighted by atomic mass is 16.6. The number of imide groups is 1. The number of ether oxygens (including phenoxy) is 1. The maximum absolute atomic E-state index is 13.3. The summed E-state index contributed by atoms with van der Waals surface area (Å²) in [5.74, 6) is -0.308. The zero-order valence-corrected chi connectivity index (χ0v) is 17.7. The number of carbonyl (C=O) groups is 2. The van der Waals surface area contributed by atoms with Gasteiger partial charge in [-0.15, -0.1) is 0 Å². The first kappa shape index (κ1) is 21.7. The monoisotopic (exact) mass is 444 g/mol. The van der Waals surface area contributed by atoms with Crippen LogP contribution in [0.15, 0.2) is 78.8 Å². The van der Waals surface area contributed by atoms with E-state index in [0.717, 1.165) is 4.90 Å². The summed E-state index contributed by atoms with van der Waals surface area (Å²) >= 11 is 0. The van der Waals surface area contributed by atoms with E-state index in [9.17, 15) is 19.7 Å². The molecule has 9 heteroatoms. The van der Waals surface area contributed by atoms with Crippen molar-refractivity contribution < 1.29 is 19.2 Å². The van der Waals surface area contributed by atoms with Crippen molar-refractivity contribution in [3.05, 3.63) is 100.0 Å². The molecule has 0 bridgehead atoms. The second-order valence-corrected chi connectivity index (χ2v) is 7.19. The van der Waals surface area contributed by atoms with Gasteiger partial charge >= 0.3 is 0 Å². The molecule has 0 atom stereocenters. The number of non-ortho nitro benzene ring substituents is 1. The van der Waals surface area contributed by atoms with Crippen LogP contribution in [-0.2, 0) is 16.1 Å². The zero-order valence-electron chi connectivity index (χ0n) is 17.7. The van der Waals surface area contributed by atoms with E-state index in [1.54, 1.807) is 48.8 Å². The largest absolute Gasteiger partial charge is 0.494 e. The summed E-state index contributed by atoms with van der Waals surface area (Å²) in [6.07, 6.45) is 3.20. The van der Waals surface area contributed by atoms with Crippen molar-refractivity contribution in [1.29, 1.82) is 0 Å². The molecule has 0 unspecified atom stereocenters. The molecule has 0 aliphatic carbocycles. The van der Waals surface area contributed by atoms with E-state index in [1.807, 2.05) is 6.92 Å². The summed E-state index contributed by atoms with van der Waals surface area (Å²) in [5, 5.41) is 14.1. The predicted octanol–water partition coefficient (Wildman–Crippen LogP) is 3.78. The number of pyridine rings is 1. The molecule has 166 valence electrons. The molecule has 4 rings (SSSR count). The molecule has 0 fully saturated rings. The molecule has 3 aromatic rings. The number of nitro groups is 1. The van der Waals surface area contributed by atoms with E-state index in [-0.39, 0.29) is 23.5 Å². The van der Waals surface area contributed by atoms with Crippen molar-refractivity contribution in [3.8, 4) is 5.75 Å². The number of anilines is 1. The Hall–Kier alpha value is -4.53. The number of hydrogen-bond acceptors (Lipinski definition) is 7. The predicted molar refractivity (Wildman–Crippen MR) is 121 cm³/mol. The van der Waals surface area contributed by atoms with Crippen LogP contribution in [-0.4, -0.2) is 33.2 Å². The van der Waals surface area contributed by atoms with E-state index in [0.29, 0.717) is 29.2 Å². The smallest absolute Gasteiger partial charge is 0.278 e. The van der Waals surface area contributed by atoms with Crippen LogP contribution < -0.4 is 10.1 Å². The second kappa shape index (κ2) is 9.31. The third kappa shape index (κ3) is 4.57. The highest BCUT2D eigenvalue weighted by Crippen LogP contribution is 2.32. The summed E-state index contributed by atoms with van der Waals surface area (Å²) in [4.78, 5) is 42.3. The summed E-state index contributed by atoms with van der Waals surface area (Å²) in [7, 11) is 0. The van der Waals surface area contributed by atoms with E-state index in [1.165, 1.54) is 24.3 Å². The molecule has 9 nitrogen and oxygen atoms in total. The molecule has 1 aliphatic rings. The number of rotatable bonds is 8. The van der Waals surface area contributed by atoms with Gasteiger partial charge < -0.3 is 10.1 Å². The van der Waals surface area contributed by atoms with Gasteiger partial charge in [0.1, 0.15) is 11.4 Å². The molecule has 33 heavy (non-hydrogen) atoms. The molecule has 1 aliphatic heterocycles. The van der Waals surface area contributed by atoms with Crippen LogP contribution in [0.25, 0.3) is 5.57 Å². The standard InChI is InChI=1S/C24H20N4O5/c1-2-33-20-11-7-18(8-12-20)26-22-21(17-5-9-19(10-6-17)28(31)32)23(29)27(24(22)30)15-16-4-3-13-25-14-16/h3-14,26H,2,15H2,1H3. The Morgan fingerprint density at radius 2 is 1.76 bits per heavy atom. The van der Waals surface area contributed by atoms with Gasteiger partial charge in [-0.3, -0.25) is 29.6 Å². The van der Waals surface area contributed by atoms with E-state index < -0.39 is 16.7 Å². The molecule has 0 radical (unpaired) electrons. The Balaban J connectivity index is 1.71. The van der Waals surface area contributed by atoms with Crippen molar-refractivity contribution in [3.63, 3.8) is 0 Å². The lowest BCUT2D eigenvalue weighted by atomic mass is 10.0. The van der Waals surface area contributed by atoms with Gasteiger partial charge in [0.25, 0.3) is 17.5 Å². The number of carbonyl (C=O) groups excluding carboxylic acids is 2. The van der Waals surface area contributed by atoms with Crippen molar-refractivity contribution in [2.75, 3.05) is 11.9 Å². The Labute approximate surface area is 189 Å². The van der Waals surface area contributed by atoms with Gasteiger partial charge in [-0.2, -0.15) is 0 Å². The second-order valence-electron chi connectivity index (χ2n) is 7.19. The number of nitrogens with zero attached hydrogens (tertiary/aromatic N) is 3. The van der Waals surface area contributed by atoms with Crippen LogP contribution in [0.1, 0.15) is 18.1 Å². The molecule has 2 heterocycles. The zero-order chi connectivity index (χ0) is 23.4. The van der Waals surface area contributed by atoms with Crippen molar-refractivity contribution in [2.45, 2.75) is 13.5 Å². The third-order valence-corrected chi connectivity index (χ3v) is 5.03. The summed E-state index contributed by atoms with van der Waals surface area (Å²) in [6, 6.07) is 16.0. The van der Waals surface area contributed by atoms with Gasteiger partial charge in [0.05, 0.1) is 23.6 Å². The first-order valence-corrected chi connectivity index (χ1v) is 10.2. The normalized spacial score (nSPS) is 13.4. The molecular weight excluding hydrogens is 424 g/mol. The molecule has 0 saturated heterocycles. The fourth-order valence-corrected chi connectivity index (χ4v) is 3.47.